The van der Waals surface area contributed by atoms with Crippen LogP contribution in [0.2, 0.25) is 0 Å². The molecule has 46 heavy (non-hydrogen) atoms. The number of hydrogen-bond acceptors (Lipinski definition) is 9. The van der Waals surface area contributed by atoms with E-state index in [9.17, 15) is 0 Å². The van der Waals surface area contributed by atoms with Gasteiger partial charge in [0.2, 0.25) is 0 Å². The fourth-order valence-corrected chi connectivity index (χ4v) is 7.83. The predicted molar refractivity (Wildman–Crippen MR) is 179 cm³/mol. The first kappa shape index (κ1) is 29.3. The summed E-state index contributed by atoms with van der Waals surface area (Å²) in [6, 6.07) is 15.2. The van der Waals surface area contributed by atoms with Gasteiger partial charge < -0.3 is 20.2 Å². The van der Waals surface area contributed by atoms with Crippen LogP contribution in [0, 0.1) is 0 Å². The number of nitrogen functional groups attached to an aromatic ring is 1. The molecule has 2 aromatic carbocycles. The molecule has 0 spiro atoms. The second-order valence-corrected chi connectivity index (χ2v) is 13.1. The van der Waals surface area contributed by atoms with E-state index in [1.54, 1.807) is 13.4 Å². The summed E-state index contributed by atoms with van der Waals surface area (Å²) in [6.07, 6.45) is 9.57. The van der Waals surface area contributed by atoms with Crippen LogP contribution < -0.4 is 10.5 Å². The fraction of sp³-hybridized carbons (Fsp3) is 0.486. The second kappa shape index (κ2) is 12.6. The Balaban J connectivity index is 0.988. The molecule has 11 heteroatoms. The Bertz CT molecular complexity index is 1810. The lowest BCUT2D eigenvalue weighted by atomic mass is 9.90. The summed E-state index contributed by atoms with van der Waals surface area (Å²) in [7, 11) is 1.70. The number of nitrogens with one attached hydrogen (secondary N) is 1. The van der Waals surface area contributed by atoms with E-state index in [2.05, 4.69) is 48.7 Å². The molecule has 3 aliphatic rings. The molecule has 3 N–H and O–H groups in total. The molecule has 240 valence electrons. The van der Waals surface area contributed by atoms with Crippen molar-refractivity contribution in [3.05, 3.63) is 60.2 Å². The van der Waals surface area contributed by atoms with E-state index < -0.39 is 0 Å². The van der Waals surface area contributed by atoms with Crippen LogP contribution in [0.15, 0.2) is 48.8 Å². The molecule has 0 amide bonds. The highest BCUT2D eigenvalue weighted by molar-refractivity contribution is 5.99. The maximum absolute atomic E-state index is 6.49. The smallest absolute Gasteiger partial charge is 0.164 e. The van der Waals surface area contributed by atoms with Gasteiger partial charge in [-0.3, -0.25) is 9.80 Å². The number of aromatic nitrogens is 6. The van der Waals surface area contributed by atoms with Gasteiger partial charge in [-0.25, -0.2) is 19.6 Å². The van der Waals surface area contributed by atoms with Crippen molar-refractivity contribution in [2.45, 2.75) is 63.1 Å². The van der Waals surface area contributed by atoms with Crippen molar-refractivity contribution in [1.82, 2.24) is 39.5 Å². The third-order valence-corrected chi connectivity index (χ3v) is 10.3. The van der Waals surface area contributed by atoms with Crippen LogP contribution >= 0.6 is 0 Å². The van der Waals surface area contributed by atoms with Crippen molar-refractivity contribution in [2.75, 3.05) is 52.2 Å². The minimum atomic E-state index is 0.282. The highest BCUT2D eigenvalue weighted by Crippen LogP contribution is 2.38. The van der Waals surface area contributed by atoms with Crippen molar-refractivity contribution < 1.29 is 9.47 Å². The number of methoxy groups -OCH3 is 1. The Morgan fingerprint density at radius 3 is 2.61 bits per heavy atom. The Morgan fingerprint density at radius 1 is 0.978 bits per heavy atom. The van der Waals surface area contributed by atoms with E-state index in [-0.39, 0.29) is 6.04 Å². The maximum atomic E-state index is 6.49. The number of nitrogens with two attached hydrogens (primary N) is 1. The average molecular weight is 622 g/mol. The van der Waals surface area contributed by atoms with Crippen LogP contribution in [0.5, 0.6) is 5.75 Å². The second-order valence-electron chi connectivity index (χ2n) is 13.1. The van der Waals surface area contributed by atoms with Gasteiger partial charge in [-0.05, 0) is 56.7 Å². The summed E-state index contributed by atoms with van der Waals surface area (Å²) < 4.78 is 13.6. The number of aromatic amines is 1. The molecule has 1 saturated carbocycles. The molecule has 0 radical (unpaired) electrons. The highest BCUT2D eigenvalue weighted by Gasteiger charge is 2.32. The first-order valence-corrected chi connectivity index (χ1v) is 16.8. The zero-order valence-electron chi connectivity index (χ0n) is 26.6. The van der Waals surface area contributed by atoms with Gasteiger partial charge in [-0.2, -0.15) is 5.10 Å². The minimum absolute atomic E-state index is 0.282. The van der Waals surface area contributed by atoms with E-state index in [0.29, 0.717) is 24.4 Å². The number of benzene rings is 2. The van der Waals surface area contributed by atoms with Gasteiger partial charge in [0.25, 0.3) is 0 Å². The van der Waals surface area contributed by atoms with E-state index in [0.717, 1.165) is 103 Å². The maximum Gasteiger partial charge on any atom is 0.164 e. The number of anilines is 1. The SMILES string of the molecule is COc1ccccc1Cc1nc2cc(-c3nn([C@H]4CC[C@@H](N5CCN(CC6CCCO6)CC5)CC4)c4ncnc(N)c34)ccc2[nH]1. The van der Waals surface area contributed by atoms with Gasteiger partial charge in [0.15, 0.2) is 5.65 Å². The minimum Gasteiger partial charge on any atom is -0.496 e. The van der Waals surface area contributed by atoms with Crippen LogP contribution in [0.4, 0.5) is 5.82 Å². The van der Waals surface area contributed by atoms with Gasteiger partial charge in [0.05, 0.1) is 35.7 Å². The van der Waals surface area contributed by atoms with E-state index >= 15 is 0 Å². The largest absolute Gasteiger partial charge is 0.496 e. The third-order valence-electron chi connectivity index (χ3n) is 10.3. The molecular weight excluding hydrogens is 578 g/mol. The first-order valence-electron chi connectivity index (χ1n) is 16.8. The molecule has 3 fully saturated rings. The van der Waals surface area contributed by atoms with Crippen molar-refractivity contribution in [2.24, 2.45) is 0 Å². The quantitative estimate of drug-likeness (QED) is 0.251. The molecule has 5 heterocycles. The molecule has 1 unspecified atom stereocenters. The van der Waals surface area contributed by atoms with Crippen molar-refractivity contribution >= 4 is 27.9 Å². The van der Waals surface area contributed by atoms with Crippen LogP contribution in [0.1, 0.15) is 56.0 Å². The number of para-hydroxylation sites is 1. The number of ether oxygens (including phenoxy) is 2. The summed E-state index contributed by atoms with van der Waals surface area (Å²) in [6.45, 7) is 6.62. The predicted octanol–water partition coefficient (Wildman–Crippen LogP) is 4.83. The number of nitrogens with zero attached hydrogens (tertiary/aromatic N) is 7. The van der Waals surface area contributed by atoms with Gasteiger partial charge in [-0.15, -0.1) is 0 Å². The lowest BCUT2D eigenvalue weighted by Gasteiger charge is -2.42. The summed E-state index contributed by atoms with van der Waals surface area (Å²) in [5, 5.41) is 6.01. The number of H-pyrrole nitrogens is 1. The molecule has 3 aromatic heterocycles. The molecule has 1 aliphatic carbocycles. The highest BCUT2D eigenvalue weighted by atomic mass is 16.5. The number of fused-ring (bicyclic) bond motifs is 2. The van der Waals surface area contributed by atoms with E-state index in [1.165, 1.54) is 25.7 Å². The number of rotatable bonds is 8. The summed E-state index contributed by atoms with van der Waals surface area (Å²) in [5.41, 5.74) is 12.0. The molecule has 2 aliphatic heterocycles. The number of imidazole rings is 1. The lowest BCUT2D eigenvalue weighted by molar-refractivity contribution is 0.0319. The topological polar surface area (TPSA) is 123 Å². The van der Waals surface area contributed by atoms with Crippen molar-refractivity contribution in [3.63, 3.8) is 0 Å². The molecule has 0 bridgehead atoms. The van der Waals surface area contributed by atoms with Gasteiger partial charge in [0, 0.05) is 62.9 Å². The van der Waals surface area contributed by atoms with E-state index in [1.807, 2.05) is 18.2 Å². The molecule has 2 saturated heterocycles. The van der Waals surface area contributed by atoms with Gasteiger partial charge in [0.1, 0.15) is 29.4 Å². The Labute approximate surface area is 269 Å². The molecule has 8 rings (SSSR count). The molecular formula is C35H43N9O2. The number of hydrogen-bond donors (Lipinski definition) is 2. The monoisotopic (exact) mass is 621 g/mol. The first-order chi connectivity index (χ1) is 22.6. The van der Waals surface area contributed by atoms with Crippen LogP contribution in [-0.4, -0.2) is 98.1 Å². The molecule has 5 aromatic rings. The van der Waals surface area contributed by atoms with Crippen LogP contribution in [-0.2, 0) is 11.2 Å². The summed E-state index contributed by atoms with van der Waals surface area (Å²) in [5.74, 6) is 2.20. The van der Waals surface area contributed by atoms with Gasteiger partial charge >= 0.3 is 0 Å². The van der Waals surface area contributed by atoms with Crippen molar-refractivity contribution in [3.8, 4) is 17.0 Å². The zero-order chi connectivity index (χ0) is 31.0. The Hall–Kier alpha value is -4.06. The Morgan fingerprint density at radius 2 is 1.80 bits per heavy atom. The summed E-state index contributed by atoms with van der Waals surface area (Å²) in [4.78, 5) is 22.8. The van der Waals surface area contributed by atoms with E-state index in [4.69, 9.17) is 30.3 Å². The fourth-order valence-electron chi connectivity index (χ4n) is 7.83. The van der Waals surface area contributed by atoms with Gasteiger partial charge in [-0.1, -0.05) is 24.3 Å². The zero-order valence-corrected chi connectivity index (χ0v) is 26.6. The third kappa shape index (κ3) is 5.72. The van der Waals surface area contributed by atoms with Crippen LogP contribution in [0.3, 0.4) is 0 Å². The van der Waals surface area contributed by atoms with Crippen LogP contribution in [0.25, 0.3) is 33.3 Å². The van der Waals surface area contributed by atoms with Crippen molar-refractivity contribution in [1.29, 1.82) is 0 Å². The average Bonchev–Trinajstić information content (AvgIpc) is 3.84. The number of piperazine rings is 1. The standard InChI is InChI=1S/C35H43N9O2/c1-45-30-7-3-2-5-23(30)20-31-39-28-13-8-24(19-29(28)40-31)33-32-34(36)37-22-38-35(32)44(41-33)26-11-9-25(10-12-26)43-16-14-42(15-17-43)21-27-6-4-18-46-27/h2-3,5,7-8,13,19,22,25-27H,4,6,9-12,14-18,20-21H2,1H3,(H,39,40)(H2,36,37,38)/t25-,26+,27?. The molecule has 1 atom stereocenters. The Kier molecular flexibility index (Phi) is 8.05. The lowest BCUT2D eigenvalue weighted by Crippen LogP contribution is -2.52. The summed E-state index contributed by atoms with van der Waals surface area (Å²) >= 11 is 0. The molecule has 11 nitrogen and oxygen atoms in total. The normalized spacial score (nSPS) is 23.0.